The SMILES string of the molecule is O=[N+]([O-])c1cc(/C=N\Nc2ccc(Br)c(Cl)c2)cs1. The summed E-state index contributed by atoms with van der Waals surface area (Å²) in [6, 6.07) is 6.79. The van der Waals surface area contributed by atoms with Gasteiger partial charge in [0, 0.05) is 21.5 Å². The molecule has 0 saturated carbocycles. The van der Waals surface area contributed by atoms with Crippen LogP contribution in [-0.2, 0) is 0 Å². The quantitative estimate of drug-likeness (QED) is 0.495. The van der Waals surface area contributed by atoms with E-state index in [1.165, 1.54) is 12.3 Å². The molecule has 0 amide bonds. The van der Waals surface area contributed by atoms with Crippen molar-refractivity contribution in [2.75, 3.05) is 5.43 Å². The van der Waals surface area contributed by atoms with Crippen molar-refractivity contribution in [3.05, 3.63) is 54.8 Å². The predicted octanol–water partition coefficient (Wildman–Crippen LogP) is 4.52. The van der Waals surface area contributed by atoms with Gasteiger partial charge in [0.2, 0.25) is 0 Å². The molecule has 1 aromatic carbocycles. The molecule has 0 radical (unpaired) electrons. The molecule has 19 heavy (non-hydrogen) atoms. The van der Waals surface area contributed by atoms with Crippen LogP contribution in [0.1, 0.15) is 5.56 Å². The van der Waals surface area contributed by atoms with E-state index in [1.807, 2.05) is 6.07 Å². The highest BCUT2D eigenvalue weighted by Gasteiger charge is 2.07. The maximum Gasteiger partial charge on any atom is 0.324 e. The van der Waals surface area contributed by atoms with Crippen LogP contribution < -0.4 is 5.43 Å². The van der Waals surface area contributed by atoms with Gasteiger partial charge >= 0.3 is 5.00 Å². The molecule has 0 spiro atoms. The van der Waals surface area contributed by atoms with Crippen LogP contribution in [0, 0.1) is 10.1 Å². The Kier molecular flexibility index (Phi) is 4.52. The van der Waals surface area contributed by atoms with Crippen molar-refractivity contribution >= 4 is 55.8 Å². The number of hydrazone groups is 1. The van der Waals surface area contributed by atoms with Crippen LogP contribution in [0.25, 0.3) is 0 Å². The Hall–Kier alpha value is -1.44. The summed E-state index contributed by atoms with van der Waals surface area (Å²) in [6.45, 7) is 0. The Balaban J connectivity index is 2.02. The van der Waals surface area contributed by atoms with Crippen LogP contribution in [-0.4, -0.2) is 11.1 Å². The first-order valence-electron chi connectivity index (χ1n) is 5.03. The van der Waals surface area contributed by atoms with Crippen molar-refractivity contribution in [1.29, 1.82) is 0 Å². The van der Waals surface area contributed by atoms with Crippen LogP contribution in [0.4, 0.5) is 10.7 Å². The van der Waals surface area contributed by atoms with E-state index in [2.05, 4.69) is 26.5 Å². The third kappa shape index (κ3) is 3.76. The minimum absolute atomic E-state index is 0.0909. The molecule has 0 saturated heterocycles. The zero-order valence-corrected chi connectivity index (χ0v) is 12.5. The predicted molar refractivity (Wildman–Crippen MR) is 81.3 cm³/mol. The van der Waals surface area contributed by atoms with Gasteiger partial charge in [-0.3, -0.25) is 15.5 Å². The first-order chi connectivity index (χ1) is 9.06. The van der Waals surface area contributed by atoms with Crippen LogP contribution in [0.2, 0.25) is 5.02 Å². The second-order valence-corrected chi connectivity index (χ2v) is 5.63. The van der Waals surface area contributed by atoms with Gasteiger partial charge in [-0.25, -0.2) is 0 Å². The molecule has 98 valence electrons. The fraction of sp³-hybridized carbons (Fsp3) is 0. The maximum atomic E-state index is 10.5. The van der Waals surface area contributed by atoms with Gasteiger partial charge < -0.3 is 0 Å². The number of anilines is 1. The van der Waals surface area contributed by atoms with Gasteiger partial charge in [0.25, 0.3) is 0 Å². The summed E-state index contributed by atoms with van der Waals surface area (Å²) in [5.74, 6) is 0. The summed E-state index contributed by atoms with van der Waals surface area (Å²) in [5, 5.41) is 16.8. The molecule has 0 aliphatic rings. The highest BCUT2D eigenvalue weighted by atomic mass is 79.9. The molecule has 5 nitrogen and oxygen atoms in total. The Labute approximate surface area is 126 Å². The lowest BCUT2D eigenvalue weighted by Gasteiger charge is -2.01. The van der Waals surface area contributed by atoms with E-state index >= 15 is 0 Å². The second kappa shape index (κ2) is 6.14. The van der Waals surface area contributed by atoms with E-state index < -0.39 is 4.92 Å². The third-order valence-electron chi connectivity index (χ3n) is 2.11. The van der Waals surface area contributed by atoms with Gasteiger partial charge in [0.1, 0.15) is 0 Å². The van der Waals surface area contributed by atoms with Gasteiger partial charge in [-0.05, 0) is 34.1 Å². The largest absolute Gasteiger partial charge is 0.324 e. The lowest BCUT2D eigenvalue weighted by atomic mass is 10.3. The highest BCUT2D eigenvalue weighted by Crippen LogP contribution is 2.25. The van der Waals surface area contributed by atoms with E-state index in [4.69, 9.17) is 11.6 Å². The normalized spacial score (nSPS) is 10.8. The van der Waals surface area contributed by atoms with E-state index in [0.29, 0.717) is 10.6 Å². The van der Waals surface area contributed by atoms with Crippen LogP contribution in [0.3, 0.4) is 0 Å². The van der Waals surface area contributed by atoms with Crippen molar-refractivity contribution in [3.8, 4) is 0 Å². The molecule has 0 fully saturated rings. The fourth-order valence-corrected chi connectivity index (χ4v) is 2.35. The van der Waals surface area contributed by atoms with Gasteiger partial charge in [0.15, 0.2) is 0 Å². The molecule has 2 aromatic rings. The minimum Gasteiger partial charge on any atom is -0.278 e. The van der Waals surface area contributed by atoms with Gasteiger partial charge in [-0.15, -0.1) is 0 Å². The van der Waals surface area contributed by atoms with Gasteiger partial charge in [-0.2, -0.15) is 5.10 Å². The van der Waals surface area contributed by atoms with Crippen molar-refractivity contribution in [2.45, 2.75) is 0 Å². The molecule has 0 atom stereocenters. The van der Waals surface area contributed by atoms with Crippen LogP contribution >= 0.6 is 38.9 Å². The fourth-order valence-electron chi connectivity index (χ4n) is 1.25. The first-order valence-corrected chi connectivity index (χ1v) is 7.08. The van der Waals surface area contributed by atoms with Crippen molar-refractivity contribution in [3.63, 3.8) is 0 Å². The maximum absolute atomic E-state index is 10.5. The Morgan fingerprint density at radius 1 is 1.47 bits per heavy atom. The topological polar surface area (TPSA) is 67.5 Å². The molecule has 1 aromatic heterocycles. The molecule has 0 aliphatic carbocycles. The third-order valence-corrected chi connectivity index (χ3v) is 4.24. The minimum atomic E-state index is -0.427. The van der Waals surface area contributed by atoms with E-state index in [1.54, 1.807) is 17.5 Å². The number of benzene rings is 1. The van der Waals surface area contributed by atoms with Gasteiger partial charge in [0.05, 0.1) is 21.8 Å². The lowest BCUT2D eigenvalue weighted by Crippen LogP contribution is -1.89. The Morgan fingerprint density at radius 3 is 2.89 bits per heavy atom. The highest BCUT2D eigenvalue weighted by molar-refractivity contribution is 9.10. The first kappa shape index (κ1) is 14.0. The van der Waals surface area contributed by atoms with Crippen LogP contribution in [0.5, 0.6) is 0 Å². The molecule has 8 heteroatoms. The number of hydrogen-bond donors (Lipinski definition) is 1. The Morgan fingerprint density at radius 2 is 2.26 bits per heavy atom. The summed E-state index contributed by atoms with van der Waals surface area (Å²) in [5.41, 5.74) is 4.20. The van der Waals surface area contributed by atoms with Crippen molar-refractivity contribution < 1.29 is 4.92 Å². The monoisotopic (exact) mass is 359 g/mol. The number of nitrogens with zero attached hydrogens (tertiary/aromatic N) is 2. The summed E-state index contributed by atoms with van der Waals surface area (Å²) in [4.78, 5) is 10.1. The number of rotatable bonds is 4. The van der Waals surface area contributed by atoms with E-state index in [9.17, 15) is 10.1 Å². The number of hydrogen-bond acceptors (Lipinski definition) is 5. The molecular weight excluding hydrogens is 354 g/mol. The lowest BCUT2D eigenvalue weighted by molar-refractivity contribution is -0.380. The second-order valence-electron chi connectivity index (χ2n) is 3.47. The van der Waals surface area contributed by atoms with Gasteiger partial charge in [-0.1, -0.05) is 22.9 Å². The zero-order valence-electron chi connectivity index (χ0n) is 9.34. The van der Waals surface area contributed by atoms with E-state index in [0.717, 1.165) is 21.5 Å². The molecule has 0 aliphatic heterocycles. The number of halogens is 2. The standard InChI is InChI=1S/C11H7BrClN3O2S/c12-9-2-1-8(4-10(9)13)15-14-5-7-3-11(16(17)18)19-6-7/h1-6,15H/b14-5-. The summed E-state index contributed by atoms with van der Waals surface area (Å²) in [6.07, 6.45) is 1.51. The molecular formula is C11H7BrClN3O2S. The summed E-state index contributed by atoms with van der Waals surface area (Å²) in [7, 11) is 0. The number of thiophene rings is 1. The number of nitrogens with one attached hydrogen (secondary N) is 1. The van der Waals surface area contributed by atoms with Crippen molar-refractivity contribution in [1.82, 2.24) is 0 Å². The molecule has 2 rings (SSSR count). The molecule has 1 N–H and O–H groups in total. The van der Waals surface area contributed by atoms with Crippen LogP contribution in [0.15, 0.2) is 39.2 Å². The summed E-state index contributed by atoms with van der Waals surface area (Å²) >= 11 is 10.3. The molecule has 1 heterocycles. The zero-order chi connectivity index (χ0) is 13.8. The Bertz CT molecular complexity index is 645. The summed E-state index contributed by atoms with van der Waals surface area (Å²) < 4.78 is 0.803. The van der Waals surface area contributed by atoms with Crippen molar-refractivity contribution in [2.24, 2.45) is 5.10 Å². The average Bonchev–Trinajstić information content (AvgIpc) is 2.83. The molecule has 0 unspecified atom stereocenters. The van der Waals surface area contributed by atoms with E-state index in [-0.39, 0.29) is 5.00 Å². The smallest absolute Gasteiger partial charge is 0.278 e. The average molecular weight is 361 g/mol. The molecule has 0 bridgehead atoms. The number of nitro groups is 1.